The minimum Gasteiger partial charge on any atom is -0.496 e. The smallest absolute Gasteiger partial charge is 0.170 e. The Morgan fingerprint density at radius 2 is 1.68 bits per heavy atom. The van der Waals surface area contributed by atoms with Gasteiger partial charge in [-0.3, -0.25) is 4.79 Å². The van der Waals surface area contributed by atoms with Crippen LogP contribution in [0, 0.1) is 0 Å². The third-order valence-corrected chi connectivity index (χ3v) is 4.51. The van der Waals surface area contributed by atoms with Crippen LogP contribution in [0.5, 0.6) is 11.5 Å². The molecule has 3 aromatic rings. The molecule has 1 unspecified atom stereocenters. The van der Waals surface area contributed by atoms with Crippen LogP contribution in [0.15, 0.2) is 72.8 Å². The third kappa shape index (κ3) is 2.89. The summed E-state index contributed by atoms with van der Waals surface area (Å²) in [5.41, 5.74) is 3.74. The average Bonchev–Trinajstić information content (AvgIpc) is 2.68. The molecule has 0 saturated carbocycles. The van der Waals surface area contributed by atoms with E-state index in [-0.39, 0.29) is 11.9 Å². The molecule has 0 amide bonds. The zero-order valence-electron chi connectivity index (χ0n) is 13.9. The molecule has 3 nitrogen and oxygen atoms in total. The fourth-order valence-corrected chi connectivity index (χ4v) is 3.24. The number of para-hydroxylation sites is 1. The Labute approximate surface area is 146 Å². The summed E-state index contributed by atoms with van der Waals surface area (Å²) in [4.78, 5) is 12.5. The average molecular weight is 330 g/mol. The van der Waals surface area contributed by atoms with Crippen LogP contribution in [0.25, 0.3) is 11.1 Å². The van der Waals surface area contributed by atoms with Gasteiger partial charge in [0.1, 0.15) is 17.6 Å². The summed E-state index contributed by atoms with van der Waals surface area (Å²) in [7, 11) is 1.64. The summed E-state index contributed by atoms with van der Waals surface area (Å²) >= 11 is 0. The maximum atomic E-state index is 12.5. The molecule has 0 radical (unpaired) electrons. The van der Waals surface area contributed by atoms with Crippen LogP contribution in [0.2, 0.25) is 0 Å². The SMILES string of the molecule is COc1ccc(-c2ccccc2)cc1C1CC(=O)c2ccccc2O1. The molecule has 0 aromatic heterocycles. The molecule has 0 saturated heterocycles. The van der Waals surface area contributed by atoms with Crippen molar-refractivity contribution in [1.29, 1.82) is 0 Å². The number of ether oxygens (including phenoxy) is 2. The van der Waals surface area contributed by atoms with Crippen molar-refractivity contribution in [2.24, 2.45) is 0 Å². The Balaban J connectivity index is 1.76. The number of carbonyl (C=O) groups is 1. The van der Waals surface area contributed by atoms with Crippen molar-refractivity contribution in [3.63, 3.8) is 0 Å². The van der Waals surface area contributed by atoms with Crippen molar-refractivity contribution in [2.75, 3.05) is 7.11 Å². The van der Waals surface area contributed by atoms with Crippen LogP contribution in [-0.2, 0) is 0 Å². The van der Waals surface area contributed by atoms with Gasteiger partial charge in [-0.25, -0.2) is 0 Å². The molecule has 1 heterocycles. The number of rotatable bonds is 3. The maximum Gasteiger partial charge on any atom is 0.170 e. The van der Waals surface area contributed by atoms with Gasteiger partial charge in [0.2, 0.25) is 0 Å². The van der Waals surface area contributed by atoms with E-state index >= 15 is 0 Å². The summed E-state index contributed by atoms with van der Waals surface area (Å²) in [6.45, 7) is 0. The second kappa shape index (κ2) is 6.44. The molecule has 124 valence electrons. The minimum atomic E-state index is -0.346. The first-order valence-corrected chi connectivity index (χ1v) is 8.28. The fraction of sp³-hybridized carbons (Fsp3) is 0.136. The molecule has 1 aliphatic rings. The summed E-state index contributed by atoms with van der Waals surface area (Å²) in [5, 5.41) is 0. The van der Waals surface area contributed by atoms with E-state index in [2.05, 4.69) is 18.2 Å². The standard InChI is InChI=1S/C22H18O3/c1-24-20-12-11-16(15-7-3-2-4-8-15)13-18(20)22-14-19(23)17-9-5-6-10-21(17)25-22/h2-13,22H,14H2,1H3. The highest BCUT2D eigenvalue weighted by molar-refractivity contribution is 6.00. The van der Waals surface area contributed by atoms with E-state index < -0.39 is 0 Å². The van der Waals surface area contributed by atoms with E-state index in [9.17, 15) is 4.79 Å². The van der Waals surface area contributed by atoms with E-state index in [0.717, 1.165) is 22.4 Å². The van der Waals surface area contributed by atoms with Crippen LogP contribution in [-0.4, -0.2) is 12.9 Å². The fourth-order valence-electron chi connectivity index (χ4n) is 3.24. The molecule has 1 aliphatic heterocycles. The Morgan fingerprint density at radius 1 is 0.920 bits per heavy atom. The number of methoxy groups -OCH3 is 1. The molecule has 3 aromatic carbocycles. The summed E-state index contributed by atoms with van der Waals surface area (Å²) < 4.78 is 11.6. The largest absolute Gasteiger partial charge is 0.496 e. The number of ketones is 1. The lowest BCUT2D eigenvalue weighted by Gasteiger charge is -2.27. The van der Waals surface area contributed by atoms with Gasteiger partial charge in [-0.1, -0.05) is 48.5 Å². The third-order valence-electron chi connectivity index (χ3n) is 4.51. The van der Waals surface area contributed by atoms with Gasteiger partial charge in [-0.05, 0) is 35.4 Å². The minimum absolute atomic E-state index is 0.0963. The summed E-state index contributed by atoms with van der Waals surface area (Å²) in [6, 6.07) is 23.5. The predicted molar refractivity (Wildman–Crippen MR) is 97.2 cm³/mol. The predicted octanol–water partition coefficient (Wildman–Crippen LogP) is 5.07. The van der Waals surface area contributed by atoms with Gasteiger partial charge < -0.3 is 9.47 Å². The van der Waals surface area contributed by atoms with Gasteiger partial charge in [0.25, 0.3) is 0 Å². The van der Waals surface area contributed by atoms with Gasteiger partial charge in [-0.15, -0.1) is 0 Å². The highest BCUT2D eigenvalue weighted by atomic mass is 16.5. The Bertz CT molecular complexity index is 916. The molecule has 0 fully saturated rings. The van der Waals surface area contributed by atoms with Crippen molar-refractivity contribution in [3.05, 3.63) is 83.9 Å². The number of Topliss-reactive ketones (excluding diaryl/α,β-unsaturated/α-hetero) is 1. The number of benzene rings is 3. The Morgan fingerprint density at radius 3 is 2.48 bits per heavy atom. The van der Waals surface area contributed by atoms with E-state index in [4.69, 9.17) is 9.47 Å². The summed E-state index contributed by atoms with van der Waals surface area (Å²) in [5.74, 6) is 1.46. The highest BCUT2D eigenvalue weighted by Crippen LogP contribution is 2.39. The van der Waals surface area contributed by atoms with Gasteiger partial charge in [-0.2, -0.15) is 0 Å². The van der Waals surface area contributed by atoms with Gasteiger partial charge in [0.05, 0.1) is 19.1 Å². The zero-order valence-corrected chi connectivity index (χ0v) is 13.9. The van der Waals surface area contributed by atoms with Crippen molar-refractivity contribution < 1.29 is 14.3 Å². The van der Waals surface area contributed by atoms with Crippen molar-refractivity contribution in [2.45, 2.75) is 12.5 Å². The number of hydrogen-bond acceptors (Lipinski definition) is 3. The molecule has 25 heavy (non-hydrogen) atoms. The van der Waals surface area contributed by atoms with Gasteiger partial charge >= 0.3 is 0 Å². The van der Waals surface area contributed by atoms with E-state index in [1.807, 2.05) is 54.6 Å². The van der Waals surface area contributed by atoms with Crippen molar-refractivity contribution >= 4 is 5.78 Å². The second-order valence-corrected chi connectivity index (χ2v) is 6.05. The van der Waals surface area contributed by atoms with Crippen molar-refractivity contribution in [1.82, 2.24) is 0 Å². The first-order valence-electron chi connectivity index (χ1n) is 8.28. The number of fused-ring (bicyclic) bond motifs is 1. The molecular formula is C22H18O3. The van der Waals surface area contributed by atoms with E-state index in [0.29, 0.717) is 17.7 Å². The van der Waals surface area contributed by atoms with E-state index in [1.54, 1.807) is 7.11 Å². The lowest BCUT2D eigenvalue weighted by atomic mass is 9.93. The lowest BCUT2D eigenvalue weighted by Crippen LogP contribution is -2.20. The molecule has 0 aliphatic carbocycles. The van der Waals surface area contributed by atoms with Gasteiger partial charge in [0.15, 0.2) is 5.78 Å². The van der Waals surface area contributed by atoms with Crippen LogP contribution >= 0.6 is 0 Å². The number of carbonyl (C=O) groups excluding carboxylic acids is 1. The topological polar surface area (TPSA) is 35.5 Å². The van der Waals surface area contributed by atoms with Crippen molar-refractivity contribution in [3.8, 4) is 22.6 Å². The highest BCUT2D eigenvalue weighted by Gasteiger charge is 2.29. The molecule has 0 bridgehead atoms. The van der Waals surface area contributed by atoms with Crippen LogP contribution in [0.4, 0.5) is 0 Å². The maximum absolute atomic E-state index is 12.5. The van der Waals surface area contributed by atoms with Crippen LogP contribution in [0.1, 0.15) is 28.4 Å². The zero-order chi connectivity index (χ0) is 17.2. The van der Waals surface area contributed by atoms with Crippen LogP contribution in [0.3, 0.4) is 0 Å². The quantitative estimate of drug-likeness (QED) is 0.672. The molecule has 0 spiro atoms. The van der Waals surface area contributed by atoms with Crippen LogP contribution < -0.4 is 9.47 Å². The lowest BCUT2D eigenvalue weighted by molar-refractivity contribution is 0.0847. The Hall–Kier alpha value is -3.07. The molecule has 0 N–H and O–H groups in total. The molecule has 3 heteroatoms. The number of hydrogen-bond donors (Lipinski definition) is 0. The van der Waals surface area contributed by atoms with Gasteiger partial charge in [0, 0.05) is 5.56 Å². The molecular weight excluding hydrogens is 312 g/mol. The second-order valence-electron chi connectivity index (χ2n) is 6.05. The normalized spacial score (nSPS) is 16.0. The monoisotopic (exact) mass is 330 g/mol. The first kappa shape index (κ1) is 15.5. The first-order chi connectivity index (χ1) is 12.3. The van der Waals surface area contributed by atoms with E-state index in [1.165, 1.54) is 0 Å². The molecule has 4 rings (SSSR count). The summed E-state index contributed by atoms with van der Waals surface area (Å²) in [6.07, 6.45) is -0.0352. The Kier molecular flexibility index (Phi) is 3.98. The molecule has 1 atom stereocenters.